The number of hydrazone groups is 1. The number of fused-ring (bicyclic) bond motifs is 1. The molecule has 0 unspecified atom stereocenters. The Balaban J connectivity index is 1.64. The number of aromatic nitrogens is 2. The van der Waals surface area contributed by atoms with Crippen LogP contribution in [0.2, 0.25) is 0 Å². The van der Waals surface area contributed by atoms with E-state index in [1.54, 1.807) is 6.21 Å². The number of nitrogens with zero attached hydrogens (tertiary/aromatic N) is 4. The van der Waals surface area contributed by atoms with E-state index >= 15 is 0 Å². The van der Waals surface area contributed by atoms with Gasteiger partial charge in [-0.15, -0.1) is 0 Å². The third-order valence-electron chi connectivity index (χ3n) is 4.35. The fourth-order valence-electron chi connectivity index (χ4n) is 2.90. The summed E-state index contributed by atoms with van der Waals surface area (Å²) in [5, 5.41) is 4.05. The van der Waals surface area contributed by atoms with Crippen LogP contribution in [0.1, 0.15) is 18.3 Å². The number of nitrogens with one attached hydrogen (secondary N) is 1. The molecule has 1 heterocycles. The number of hydrogen-bond donors (Lipinski definition) is 2. The number of imidazole rings is 1. The van der Waals surface area contributed by atoms with Gasteiger partial charge < -0.3 is 10.5 Å². The van der Waals surface area contributed by atoms with Gasteiger partial charge in [0.2, 0.25) is 5.96 Å². The molecule has 0 atom stereocenters. The Hall–Kier alpha value is -3.35. The molecule has 0 spiro atoms. The van der Waals surface area contributed by atoms with Crippen LogP contribution < -0.4 is 20.5 Å². The van der Waals surface area contributed by atoms with E-state index in [1.807, 2.05) is 43.3 Å². The zero-order chi connectivity index (χ0) is 19.2. The van der Waals surface area contributed by atoms with Crippen molar-refractivity contribution in [2.75, 3.05) is 6.54 Å². The monoisotopic (exact) mass is 365 g/mol. The summed E-state index contributed by atoms with van der Waals surface area (Å²) in [7, 11) is 4.11. The maximum atomic E-state index is 5.97. The Morgan fingerprint density at radius 2 is 1.96 bits per heavy atom. The highest BCUT2D eigenvalue weighted by Gasteiger charge is 2.19. The Bertz CT molecular complexity index is 933. The number of nitrogens with two attached hydrogens (primary N) is 1. The number of benzene rings is 2. The fraction of sp³-hybridized carbons (Fsp3) is 0.250. The molecule has 0 aliphatic carbocycles. The fourth-order valence-corrected chi connectivity index (χ4v) is 2.90. The first kappa shape index (κ1) is 18.4. The summed E-state index contributed by atoms with van der Waals surface area (Å²) in [6.45, 7) is 3.02. The molecule has 7 nitrogen and oxygen atoms in total. The maximum absolute atomic E-state index is 5.97. The van der Waals surface area contributed by atoms with E-state index in [4.69, 9.17) is 10.5 Å². The molecule has 7 heteroatoms. The number of aliphatic imine (C=N–C) groups is 1. The van der Waals surface area contributed by atoms with Crippen LogP contribution in [-0.2, 0) is 20.7 Å². The molecule has 0 amide bonds. The van der Waals surface area contributed by atoms with E-state index in [0.717, 1.165) is 17.1 Å². The second-order valence-corrected chi connectivity index (χ2v) is 6.11. The van der Waals surface area contributed by atoms with Crippen LogP contribution in [0.15, 0.2) is 58.6 Å². The van der Waals surface area contributed by atoms with Crippen molar-refractivity contribution in [2.45, 2.75) is 13.5 Å². The lowest BCUT2D eigenvalue weighted by atomic mass is 10.2. The predicted molar refractivity (Wildman–Crippen MR) is 108 cm³/mol. The first-order valence-corrected chi connectivity index (χ1v) is 8.84. The van der Waals surface area contributed by atoms with Crippen LogP contribution in [0.5, 0.6) is 5.75 Å². The third-order valence-corrected chi connectivity index (χ3v) is 4.35. The van der Waals surface area contributed by atoms with Crippen molar-refractivity contribution in [1.29, 1.82) is 0 Å². The number of aryl methyl sites for hydroxylation is 2. The Kier molecular flexibility index (Phi) is 5.71. The van der Waals surface area contributed by atoms with Gasteiger partial charge in [-0.2, -0.15) is 5.10 Å². The second kappa shape index (κ2) is 8.35. The molecule has 0 radical (unpaired) electrons. The SMILES string of the molecule is CCN=C(N)N/N=C\c1ccc(OCc2n(C)c3ccccc3[n+]2C)cc1. The topological polar surface area (TPSA) is 80.8 Å². The second-order valence-electron chi connectivity index (χ2n) is 6.11. The summed E-state index contributed by atoms with van der Waals surface area (Å²) >= 11 is 0. The largest absolute Gasteiger partial charge is 0.481 e. The molecule has 0 saturated heterocycles. The molecule has 3 aromatic rings. The summed E-state index contributed by atoms with van der Waals surface area (Å²) in [4.78, 5) is 4.00. The number of ether oxygens (including phenoxy) is 1. The van der Waals surface area contributed by atoms with Gasteiger partial charge in [0, 0.05) is 6.54 Å². The summed E-state index contributed by atoms with van der Waals surface area (Å²) in [6, 6.07) is 16.0. The number of rotatable bonds is 6. The summed E-state index contributed by atoms with van der Waals surface area (Å²) in [5.41, 5.74) is 11.6. The molecule has 0 aliphatic rings. The summed E-state index contributed by atoms with van der Waals surface area (Å²) in [6.07, 6.45) is 1.69. The third kappa shape index (κ3) is 4.25. The molecule has 2 aromatic carbocycles. The molecule has 1 aromatic heterocycles. The van der Waals surface area contributed by atoms with Crippen molar-refractivity contribution >= 4 is 23.2 Å². The molecule has 0 fully saturated rings. The molecular weight excluding hydrogens is 340 g/mol. The number of guanidine groups is 1. The van der Waals surface area contributed by atoms with Crippen LogP contribution in [0.4, 0.5) is 0 Å². The quantitative estimate of drug-likeness (QED) is 0.303. The van der Waals surface area contributed by atoms with Gasteiger partial charge in [0.1, 0.15) is 5.75 Å². The smallest absolute Gasteiger partial charge is 0.295 e. The average Bonchev–Trinajstić information content (AvgIpc) is 2.92. The van der Waals surface area contributed by atoms with E-state index in [9.17, 15) is 0 Å². The Labute approximate surface area is 158 Å². The van der Waals surface area contributed by atoms with Crippen molar-refractivity contribution in [2.24, 2.45) is 29.9 Å². The van der Waals surface area contributed by atoms with Gasteiger partial charge in [0.05, 0.1) is 20.3 Å². The zero-order valence-corrected chi connectivity index (χ0v) is 15.9. The van der Waals surface area contributed by atoms with Crippen LogP contribution >= 0.6 is 0 Å². The van der Waals surface area contributed by atoms with Crippen molar-refractivity contribution in [3.05, 3.63) is 59.9 Å². The molecule has 27 heavy (non-hydrogen) atoms. The van der Waals surface area contributed by atoms with Crippen LogP contribution in [-0.4, -0.2) is 23.3 Å². The minimum absolute atomic E-state index is 0.302. The van der Waals surface area contributed by atoms with Gasteiger partial charge in [-0.25, -0.2) is 14.6 Å². The van der Waals surface area contributed by atoms with E-state index in [2.05, 4.69) is 50.9 Å². The first-order chi connectivity index (χ1) is 13.1. The summed E-state index contributed by atoms with van der Waals surface area (Å²) < 4.78 is 10.3. The molecule has 3 rings (SSSR count). The van der Waals surface area contributed by atoms with Crippen molar-refractivity contribution in [3.8, 4) is 5.75 Å². The lowest BCUT2D eigenvalue weighted by Crippen LogP contribution is -2.33. The normalized spacial score (nSPS) is 12.0. The minimum Gasteiger partial charge on any atom is -0.481 e. The number of hydrogen-bond acceptors (Lipinski definition) is 3. The van der Waals surface area contributed by atoms with Gasteiger partial charge in [-0.05, 0) is 48.9 Å². The van der Waals surface area contributed by atoms with E-state index in [0.29, 0.717) is 19.1 Å². The van der Waals surface area contributed by atoms with Crippen LogP contribution in [0.25, 0.3) is 11.0 Å². The van der Waals surface area contributed by atoms with Crippen LogP contribution in [0, 0.1) is 0 Å². The maximum Gasteiger partial charge on any atom is 0.295 e. The van der Waals surface area contributed by atoms with Crippen molar-refractivity contribution in [3.63, 3.8) is 0 Å². The van der Waals surface area contributed by atoms with Gasteiger partial charge >= 0.3 is 0 Å². The Morgan fingerprint density at radius 1 is 1.22 bits per heavy atom. The highest BCUT2D eigenvalue weighted by molar-refractivity contribution is 5.83. The van der Waals surface area contributed by atoms with Crippen molar-refractivity contribution in [1.82, 2.24) is 9.99 Å². The van der Waals surface area contributed by atoms with Gasteiger partial charge in [0.25, 0.3) is 5.82 Å². The highest BCUT2D eigenvalue weighted by atomic mass is 16.5. The van der Waals surface area contributed by atoms with Gasteiger partial charge in [-0.3, -0.25) is 4.99 Å². The molecule has 0 bridgehead atoms. The molecule has 3 N–H and O–H groups in total. The number of para-hydroxylation sites is 2. The molecule has 0 aliphatic heterocycles. The summed E-state index contributed by atoms with van der Waals surface area (Å²) in [5.74, 6) is 2.20. The predicted octanol–water partition coefficient (Wildman–Crippen LogP) is 1.84. The van der Waals surface area contributed by atoms with E-state index in [-0.39, 0.29) is 0 Å². The highest BCUT2D eigenvalue weighted by Crippen LogP contribution is 2.16. The van der Waals surface area contributed by atoms with E-state index < -0.39 is 0 Å². The van der Waals surface area contributed by atoms with Gasteiger partial charge in [-0.1, -0.05) is 12.1 Å². The first-order valence-electron chi connectivity index (χ1n) is 8.84. The average molecular weight is 365 g/mol. The molecule has 140 valence electrons. The lowest BCUT2D eigenvalue weighted by Gasteiger charge is -2.05. The minimum atomic E-state index is 0.302. The molecular formula is C20H25N6O+. The standard InChI is InChI=1S/C20H25N6O/c1-4-22-20(21)24-23-13-15-9-11-16(12-10-15)27-14-19-25(2)17-7-5-6-8-18(17)26(19)3/h5-13H,4,14H2,1-3H3,(H3,21,22,24)/q+1/b23-13-. The lowest BCUT2D eigenvalue weighted by molar-refractivity contribution is -0.655. The van der Waals surface area contributed by atoms with Crippen molar-refractivity contribution < 1.29 is 9.30 Å². The Morgan fingerprint density at radius 3 is 2.67 bits per heavy atom. The van der Waals surface area contributed by atoms with E-state index in [1.165, 1.54) is 11.0 Å². The molecule has 0 saturated carbocycles. The zero-order valence-electron chi connectivity index (χ0n) is 15.9. The van der Waals surface area contributed by atoms with Gasteiger partial charge in [0.15, 0.2) is 17.6 Å². The van der Waals surface area contributed by atoms with Crippen LogP contribution in [0.3, 0.4) is 0 Å².